The van der Waals surface area contributed by atoms with Gasteiger partial charge in [0.25, 0.3) is 0 Å². The molecule has 0 fully saturated rings. The van der Waals surface area contributed by atoms with Crippen molar-refractivity contribution in [1.82, 2.24) is 5.32 Å². The number of sulfone groups is 1. The minimum atomic E-state index is -3.05. The van der Waals surface area contributed by atoms with Gasteiger partial charge in [0.05, 0.1) is 11.3 Å². The Morgan fingerprint density at radius 3 is 2.50 bits per heavy atom. The van der Waals surface area contributed by atoms with Crippen molar-refractivity contribution in [2.24, 2.45) is 0 Å². The highest BCUT2D eigenvalue weighted by atomic mass is 79.9. The minimum Gasteiger partial charge on any atom is -0.453 e. The van der Waals surface area contributed by atoms with Crippen molar-refractivity contribution >= 4 is 25.8 Å². The molecule has 92 valence electrons. The topological polar surface area (TPSA) is 59.3 Å². The van der Waals surface area contributed by atoms with Crippen LogP contribution in [-0.2, 0) is 16.4 Å². The van der Waals surface area contributed by atoms with Gasteiger partial charge in [-0.3, -0.25) is 0 Å². The Kier molecular flexibility index (Phi) is 4.20. The molecule has 0 aliphatic carbocycles. The summed E-state index contributed by atoms with van der Waals surface area (Å²) in [7, 11) is -3.05. The number of halogens is 1. The second kappa shape index (κ2) is 4.89. The molecule has 0 bridgehead atoms. The predicted octanol–water partition coefficient (Wildman–Crippen LogP) is 1.95. The molecule has 1 rings (SSSR count). The zero-order valence-electron chi connectivity index (χ0n) is 9.58. The van der Waals surface area contributed by atoms with E-state index in [0.717, 1.165) is 5.76 Å². The van der Waals surface area contributed by atoms with Gasteiger partial charge in [0.1, 0.15) is 5.76 Å². The van der Waals surface area contributed by atoms with Crippen molar-refractivity contribution in [2.75, 3.05) is 12.8 Å². The lowest BCUT2D eigenvalue weighted by atomic mass is 10.2. The lowest BCUT2D eigenvalue weighted by molar-refractivity contribution is 0.451. The summed E-state index contributed by atoms with van der Waals surface area (Å²) in [4.78, 5) is 0. The first kappa shape index (κ1) is 13.7. The quantitative estimate of drug-likeness (QED) is 0.903. The Hall–Kier alpha value is -0.330. The van der Waals surface area contributed by atoms with E-state index in [0.29, 0.717) is 17.8 Å². The Labute approximate surface area is 104 Å². The van der Waals surface area contributed by atoms with Crippen LogP contribution < -0.4 is 5.32 Å². The average molecular weight is 310 g/mol. The predicted molar refractivity (Wildman–Crippen MR) is 67.0 cm³/mol. The molecule has 0 spiro atoms. The molecule has 4 nitrogen and oxygen atoms in total. The van der Waals surface area contributed by atoms with E-state index in [1.165, 1.54) is 6.26 Å². The van der Waals surface area contributed by atoms with E-state index in [-0.39, 0.29) is 0 Å². The summed E-state index contributed by atoms with van der Waals surface area (Å²) in [6.07, 6.45) is 1.25. The molecule has 16 heavy (non-hydrogen) atoms. The van der Waals surface area contributed by atoms with Gasteiger partial charge < -0.3 is 9.73 Å². The molecule has 0 aromatic carbocycles. The molecule has 1 heterocycles. The van der Waals surface area contributed by atoms with E-state index in [2.05, 4.69) is 21.2 Å². The van der Waals surface area contributed by atoms with E-state index in [9.17, 15) is 8.42 Å². The Bertz CT molecular complexity index is 450. The van der Waals surface area contributed by atoms with Crippen LogP contribution in [0.15, 0.2) is 21.2 Å². The molecule has 0 aliphatic heterocycles. The van der Waals surface area contributed by atoms with Crippen molar-refractivity contribution < 1.29 is 12.8 Å². The molecular weight excluding hydrogens is 294 g/mol. The highest BCUT2D eigenvalue weighted by molar-refractivity contribution is 9.10. The maximum atomic E-state index is 11.4. The molecule has 1 N–H and O–H groups in total. The van der Waals surface area contributed by atoms with Crippen molar-refractivity contribution in [3.63, 3.8) is 0 Å². The summed E-state index contributed by atoms with van der Waals surface area (Å²) in [5.41, 5.74) is 0. The van der Waals surface area contributed by atoms with Crippen LogP contribution in [0, 0.1) is 0 Å². The van der Waals surface area contributed by atoms with Crippen LogP contribution in [0.1, 0.15) is 19.6 Å². The molecule has 0 amide bonds. The summed E-state index contributed by atoms with van der Waals surface area (Å²) in [6, 6.07) is 3.64. The lowest BCUT2D eigenvalue weighted by Gasteiger charge is -2.22. The zero-order valence-corrected chi connectivity index (χ0v) is 12.0. The SMILES string of the molecule is CC(C)(CNCc1ccc(Br)o1)S(C)(=O)=O. The van der Waals surface area contributed by atoms with Gasteiger partial charge in [-0.15, -0.1) is 0 Å². The van der Waals surface area contributed by atoms with Gasteiger partial charge in [0, 0.05) is 12.8 Å². The molecular formula is C10H16BrNO3S. The van der Waals surface area contributed by atoms with Crippen LogP contribution in [-0.4, -0.2) is 26.0 Å². The molecule has 0 atom stereocenters. The monoisotopic (exact) mass is 309 g/mol. The summed E-state index contributed by atoms with van der Waals surface area (Å²) >= 11 is 3.20. The molecule has 0 saturated heterocycles. The van der Waals surface area contributed by atoms with Crippen molar-refractivity contribution in [3.8, 4) is 0 Å². The van der Waals surface area contributed by atoms with Gasteiger partial charge in [0.15, 0.2) is 14.5 Å². The van der Waals surface area contributed by atoms with Crippen LogP contribution in [0.3, 0.4) is 0 Å². The Morgan fingerprint density at radius 2 is 2.06 bits per heavy atom. The lowest BCUT2D eigenvalue weighted by Crippen LogP contribution is -2.41. The summed E-state index contributed by atoms with van der Waals surface area (Å²) < 4.78 is 28.1. The van der Waals surface area contributed by atoms with Gasteiger partial charge in [-0.2, -0.15) is 0 Å². The Balaban J connectivity index is 2.48. The van der Waals surface area contributed by atoms with Gasteiger partial charge in [-0.1, -0.05) is 0 Å². The van der Waals surface area contributed by atoms with Gasteiger partial charge in [0.2, 0.25) is 0 Å². The smallest absolute Gasteiger partial charge is 0.169 e. The van der Waals surface area contributed by atoms with E-state index in [4.69, 9.17) is 4.42 Å². The normalized spacial score (nSPS) is 13.0. The number of rotatable bonds is 5. The third-order valence-electron chi connectivity index (χ3n) is 2.48. The molecule has 1 aromatic heterocycles. The van der Waals surface area contributed by atoms with E-state index < -0.39 is 14.6 Å². The second-order valence-electron chi connectivity index (χ2n) is 4.34. The maximum Gasteiger partial charge on any atom is 0.169 e. The fourth-order valence-corrected chi connectivity index (χ4v) is 1.77. The summed E-state index contributed by atoms with van der Waals surface area (Å²) in [6.45, 7) is 4.31. The first-order chi connectivity index (χ1) is 7.22. The van der Waals surface area contributed by atoms with Crippen LogP contribution >= 0.6 is 15.9 Å². The Morgan fingerprint density at radius 1 is 1.44 bits per heavy atom. The first-order valence-corrected chi connectivity index (χ1v) is 7.55. The number of furan rings is 1. The number of hydrogen-bond donors (Lipinski definition) is 1. The highest BCUT2D eigenvalue weighted by Gasteiger charge is 2.29. The van der Waals surface area contributed by atoms with Crippen LogP contribution in [0.25, 0.3) is 0 Å². The molecule has 6 heteroatoms. The van der Waals surface area contributed by atoms with Gasteiger partial charge >= 0.3 is 0 Å². The van der Waals surface area contributed by atoms with E-state index in [1.54, 1.807) is 19.9 Å². The van der Waals surface area contributed by atoms with Crippen molar-refractivity contribution in [2.45, 2.75) is 25.1 Å². The van der Waals surface area contributed by atoms with Gasteiger partial charge in [-0.25, -0.2) is 8.42 Å². The third kappa shape index (κ3) is 3.61. The first-order valence-electron chi connectivity index (χ1n) is 4.87. The molecule has 0 saturated carbocycles. The number of hydrogen-bond acceptors (Lipinski definition) is 4. The third-order valence-corrected chi connectivity index (χ3v) is 5.06. The van der Waals surface area contributed by atoms with Crippen LogP contribution in [0.2, 0.25) is 0 Å². The summed E-state index contributed by atoms with van der Waals surface area (Å²) in [5, 5.41) is 3.07. The highest BCUT2D eigenvalue weighted by Crippen LogP contribution is 2.16. The van der Waals surface area contributed by atoms with Crippen molar-refractivity contribution in [1.29, 1.82) is 0 Å². The van der Waals surface area contributed by atoms with E-state index in [1.807, 2.05) is 6.07 Å². The molecule has 0 unspecified atom stereocenters. The minimum absolute atomic E-state index is 0.393. The average Bonchev–Trinajstić information content (AvgIpc) is 2.49. The fraction of sp³-hybridized carbons (Fsp3) is 0.600. The summed E-state index contributed by atoms with van der Waals surface area (Å²) in [5.74, 6) is 0.774. The molecule has 0 radical (unpaired) electrons. The zero-order chi connectivity index (χ0) is 12.4. The standard InChI is InChI=1S/C10H16BrNO3S/c1-10(2,16(3,13)14)7-12-6-8-4-5-9(11)15-8/h4-5,12H,6-7H2,1-3H3. The largest absolute Gasteiger partial charge is 0.453 e. The molecule has 0 aliphatic rings. The molecule has 1 aromatic rings. The fourth-order valence-electron chi connectivity index (χ4n) is 1.06. The van der Waals surface area contributed by atoms with Crippen LogP contribution in [0.4, 0.5) is 0 Å². The maximum absolute atomic E-state index is 11.4. The van der Waals surface area contributed by atoms with E-state index >= 15 is 0 Å². The number of nitrogens with one attached hydrogen (secondary N) is 1. The second-order valence-corrected chi connectivity index (χ2v) is 7.77. The van der Waals surface area contributed by atoms with Crippen LogP contribution in [0.5, 0.6) is 0 Å². The van der Waals surface area contributed by atoms with Crippen molar-refractivity contribution in [3.05, 3.63) is 22.6 Å². The van der Waals surface area contributed by atoms with Gasteiger partial charge in [-0.05, 0) is 41.9 Å².